The molecule has 7 heteroatoms. The van der Waals surface area contributed by atoms with Gasteiger partial charge in [0.2, 0.25) is 5.78 Å². The fourth-order valence-corrected chi connectivity index (χ4v) is 3.84. The van der Waals surface area contributed by atoms with E-state index in [1.807, 2.05) is 12.1 Å². The lowest BCUT2D eigenvalue weighted by atomic mass is 9.95. The van der Waals surface area contributed by atoms with Crippen LogP contribution in [0, 0.1) is 0 Å². The molecule has 2 heterocycles. The standard InChI is InChI=1S/C25H22N2O5/c1-31-19-9-3-7-17(12-19)22-21(23(28)18-8-4-10-20(13-18)32-2)24(29)25(30)27(22)15-16-6-5-11-26-14-16/h3-14,22,28H,15H2,1-2H3/b23-21+. The highest BCUT2D eigenvalue weighted by molar-refractivity contribution is 6.46. The lowest BCUT2D eigenvalue weighted by Gasteiger charge is -2.27. The Bertz CT molecular complexity index is 1190. The topological polar surface area (TPSA) is 93.0 Å². The van der Waals surface area contributed by atoms with Gasteiger partial charge in [0.25, 0.3) is 5.91 Å². The Hall–Kier alpha value is -4.13. The summed E-state index contributed by atoms with van der Waals surface area (Å²) in [5.74, 6) is -0.964. The second kappa shape index (κ2) is 8.93. The molecule has 1 atom stereocenters. The first kappa shape index (κ1) is 21.1. The van der Waals surface area contributed by atoms with Crippen LogP contribution in [0.15, 0.2) is 78.6 Å². The van der Waals surface area contributed by atoms with Crippen LogP contribution in [0.25, 0.3) is 5.76 Å². The molecular formula is C25H22N2O5. The van der Waals surface area contributed by atoms with E-state index in [4.69, 9.17) is 9.47 Å². The quantitative estimate of drug-likeness (QED) is 0.339. The number of ketones is 1. The van der Waals surface area contributed by atoms with Crippen LogP contribution in [0.1, 0.15) is 22.7 Å². The molecule has 0 saturated carbocycles. The average Bonchev–Trinajstić information content (AvgIpc) is 3.09. The Morgan fingerprint density at radius 1 is 1.00 bits per heavy atom. The van der Waals surface area contributed by atoms with Crippen molar-refractivity contribution < 1.29 is 29.2 Å². The maximum absolute atomic E-state index is 13.5. The number of pyridine rings is 1. The number of carbonyl (C=O) groups excluding carboxylic acids is 2. The third-order valence-electron chi connectivity index (χ3n) is 5.40. The van der Waals surface area contributed by atoms with E-state index in [9.17, 15) is 14.7 Å². The highest BCUT2D eigenvalue weighted by atomic mass is 16.5. The largest absolute Gasteiger partial charge is 0.872 e. The molecule has 1 saturated heterocycles. The number of amides is 1. The molecular weight excluding hydrogens is 408 g/mol. The highest BCUT2D eigenvalue weighted by Gasteiger charge is 2.44. The molecule has 1 amide bonds. The van der Waals surface area contributed by atoms with Crippen LogP contribution < -0.4 is 19.6 Å². The van der Waals surface area contributed by atoms with Crippen LogP contribution in [0.5, 0.6) is 11.5 Å². The average molecular weight is 430 g/mol. The molecule has 1 fully saturated rings. The molecule has 0 spiro atoms. The molecule has 4 rings (SSSR count). The summed E-state index contributed by atoms with van der Waals surface area (Å²) in [5, 5.41) is 13.5. The minimum Gasteiger partial charge on any atom is -0.872 e. The van der Waals surface area contributed by atoms with Crippen LogP contribution in [0.2, 0.25) is 0 Å². The van der Waals surface area contributed by atoms with E-state index in [0.717, 1.165) is 5.56 Å². The first-order valence-electron chi connectivity index (χ1n) is 10.0. The van der Waals surface area contributed by atoms with Crippen molar-refractivity contribution in [1.29, 1.82) is 0 Å². The number of methoxy groups -OCH3 is 2. The van der Waals surface area contributed by atoms with Crippen molar-refractivity contribution in [3.05, 3.63) is 95.3 Å². The first-order chi connectivity index (χ1) is 15.5. The highest BCUT2D eigenvalue weighted by Crippen LogP contribution is 2.40. The van der Waals surface area contributed by atoms with Crippen molar-refractivity contribution in [2.24, 2.45) is 0 Å². The Morgan fingerprint density at radius 3 is 2.41 bits per heavy atom. The number of likely N-dealkylation sites (tertiary alicyclic amines) is 1. The van der Waals surface area contributed by atoms with Gasteiger partial charge >= 0.3 is 0 Å². The van der Waals surface area contributed by atoms with E-state index in [0.29, 0.717) is 17.1 Å². The van der Waals surface area contributed by atoms with Crippen molar-refractivity contribution in [1.82, 2.24) is 4.90 Å². The van der Waals surface area contributed by atoms with E-state index >= 15 is 0 Å². The van der Waals surface area contributed by atoms with Gasteiger partial charge in [0.15, 0.2) is 12.4 Å². The molecule has 32 heavy (non-hydrogen) atoms. The van der Waals surface area contributed by atoms with Gasteiger partial charge in [-0.3, -0.25) is 9.59 Å². The van der Waals surface area contributed by atoms with Gasteiger partial charge in [0, 0.05) is 17.2 Å². The van der Waals surface area contributed by atoms with E-state index in [-0.39, 0.29) is 17.7 Å². The number of ether oxygens (including phenoxy) is 2. The van der Waals surface area contributed by atoms with Gasteiger partial charge < -0.3 is 19.5 Å². The number of H-pyrrole nitrogens is 1. The Balaban J connectivity index is 1.88. The summed E-state index contributed by atoms with van der Waals surface area (Å²) in [6, 6.07) is 16.4. The molecule has 0 radical (unpaired) electrons. The van der Waals surface area contributed by atoms with Gasteiger partial charge in [0.05, 0.1) is 26.8 Å². The van der Waals surface area contributed by atoms with Gasteiger partial charge in [-0.1, -0.05) is 30.0 Å². The van der Waals surface area contributed by atoms with E-state index in [2.05, 4.69) is 4.98 Å². The first-order valence-corrected chi connectivity index (χ1v) is 10.0. The van der Waals surface area contributed by atoms with Crippen molar-refractivity contribution in [3.63, 3.8) is 0 Å². The predicted molar refractivity (Wildman–Crippen MR) is 114 cm³/mol. The minimum absolute atomic E-state index is 0.0867. The maximum atomic E-state index is 13.5. The van der Waals surface area contributed by atoms with Crippen LogP contribution in [0.4, 0.5) is 0 Å². The molecule has 1 N–H and O–H groups in total. The van der Waals surface area contributed by atoms with Gasteiger partial charge in [0.1, 0.15) is 11.5 Å². The van der Waals surface area contributed by atoms with Gasteiger partial charge in [-0.05, 0) is 41.5 Å². The van der Waals surface area contributed by atoms with Crippen LogP contribution in [0.3, 0.4) is 0 Å². The third-order valence-corrected chi connectivity index (χ3v) is 5.40. The second-order valence-electron chi connectivity index (χ2n) is 7.33. The zero-order valence-electron chi connectivity index (χ0n) is 17.7. The number of hydrogen-bond acceptors (Lipinski definition) is 5. The predicted octanol–water partition coefficient (Wildman–Crippen LogP) is 1.94. The molecule has 1 unspecified atom stereocenters. The molecule has 1 aliphatic rings. The lowest BCUT2D eigenvalue weighted by Crippen LogP contribution is -2.29. The number of hydrogen-bond donors (Lipinski definition) is 0. The zero-order chi connectivity index (χ0) is 22.7. The SMILES string of the molecule is COc1cccc(/C([O-])=C2\C(=O)C(=O)N(Cc3ccc[nH+]c3)C2c2cccc(OC)c2)c1. The summed E-state index contributed by atoms with van der Waals surface area (Å²) < 4.78 is 10.5. The van der Waals surface area contributed by atoms with Crippen LogP contribution in [-0.4, -0.2) is 30.8 Å². The molecule has 1 aliphatic heterocycles. The van der Waals surface area contributed by atoms with Crippen LogP contribution in [-0.2, 0) is 16.1 Å². The van der Waals surface area contributed by atoms with E-state index in [1.165, 1.54) is 19.1 Å². The number of carbonyl (C=O) groups is 2. The third kappa shape index (κ3) is 3.92. The van der Waals surface area contributed by atoms with Gasteiger partial charge in [-0.15, -0.1) is 0 Å². The molecule has 162 valence electrons. The number of nitrogens with one attached hydrogen (secondary N) is 1. The zero-order valence-corrected chi connectivity index (χ0v) is 17.7. The summed E-state index contributed by atoms with van der Waals surface area (Å²) >= 11 is 0. The van der Waals surface area contributed by atoms with Crippen molar-refractivity contribution in [2.45, 2.75) is 12.6 Å². The Morgan fingerprint density at radius 2 is 1.72 bits per heavy atom. The van der Waals surface area contributed by atoms with Crippen LogP contribution >= 0.6 is 0 Å². The molecule has 1 aromatic heterocycles. The molecule has 0 aliphatic carbocycles. The number of aromatic nitrogens is 1. The van der Waals surface area contributed by atoms with Crippen molar-refractivity contribution in [3.8, 4) is 11.5 Å². The summed E-state index contributed by atoms with van der Waals surface area (Å²) in [6.07, 6.45) is 3.51. The number of Topliss-reactive ketones (excluding diaryl/α,β-unsaturated/α-hetero) is 1. The molecule has 0 bridgehead atoms. The summed E-state index contributed by atoms with van der Waals surface area (Å²) in [7, 11) is 3.03. The maximum Gasteiger partial charge on any atom is 0.295 e. The summed E-state index contributed by atoms with van der Waals surface area (Å²) in [6.45, 7) is 0.165. The smallest absolute Gasteiger partial charge is 0.295 e. The summed E-state index contributed by atoms with van der Waals surface area (Å²) in [5.41, 5.74) is 1.62. The van der Waals surface area contributed by atoms with E-state index < -0.39 is 23.5 Å². The number of nitrogens with zero attached hydrogens (tertiary/aromatic N) is 1. The van der Waals surface area contributed by atoms with E-state index in [1.54, 1.807) is 60.9 Å². The number of benzene rings is 2. The second-order valence-corrected chi connectivity index (χ2v) is 7.33. The fraction of sp³-hybridized carbons (Fsp3) is 0.160. The number of aromatic amines is 1. The molecule has 3 aromatic rings. The normalized spacial score (nSPS) is 17.4. The number of rotatable bonds is 6. The Labute approximate surface area is 185 Å². The monoisotopic (exact) mass is 430 g/mol. The minimum atomic E-state index is -0.844. The van der Waals surface area contributed by atoms with Gasteiger partial charge in [-0.25, -0.2) is 4.98 Å². The van der Waals surface area contributed by atoms with Crippen molar-refractivity contribution in [2.75, 3.05) is 14.2 Å². The van der Waals surface area contributed by atoms with Gasteiger partial charge in [-0.2, -0.15) is 0 Å². The van der Waals surface area contributed by atoms with Crippen molar-refractivity contribution >= 4 is 17.4 Å². The molecule has 7 nitrogen and oxygen atoms in total. The Kier molecular flexibility index (Phi) is 5.89. The fourth-order valence-electron chi connectivity index (χ4n) is 3.84. The summed E-state index contributed by atoms with van der Waals surface area (Å²) in [4.78, 5) is 30.5. The lowest BCUT2D eigenvalue weighted by molar-refractivity contribution is -0.378. The molecule has 2 aromatic carbocycles.